The Kier molecular flexibility index (Phi) is 4.25. The number of nitrogens with one attached hydrogen (secondary N) is 1. The van der Waals surface area contributed by atoms with Crippen LogP contribution in [-0.4, -0.2) is 34.6 Å². The fourth-order valence-electron chi connectivity index (χ4n) is 4.83. The van der Waals surface area contributed by atoms with Crippen LogP contribution in [0.2, 0.25) is 0 Å². The van der Waals surface area contributed by atoms with Crippen molar-refractivity contribution >= 4 is 16.5 Å². The molecule has 2 N–H and O–H groups in total. The molecule has 138 valence electrons. The van der Waals surface area contributed by atoms with Gasteiger partial charge in [-0.15, -0.1) is 0 Å². The lowest BCUT2D eigenvalue weighted by Gasteiger charge is -2.32. The van der Waals surface area contributed by atoms with E-state index in [0.717, 1.165) is 31.0 Å². The Morgan fingerprint density at radius 3 is 2.74 bits per heavy atom. The Morgan fingerprint density at radius 2 is 1.89 bits per heavy atom. The molecular weight excluding hydrogens is 332 g/mol. The van der Waals surface area contributed by atoms with E-state index in [9.17, 15) is 5.11 Å². The van der Waals surface area contributed by atoms with Gasteiger partial charge in [-0.1, -0.05) is 42.5 Å². The van der Waals surface area contributed by atoms with Gasteiger partial charge in [0.15, 0.2) is 0 Å². The summed E-state index contributed by atoms with van der Waals surface area (Å²) in [6.07, 6.45) is 6.95. The molecule has 0 amide bonds. The normalized spacial score (nSPS) is 20.4. The van der Waals surface area contributed by atoms with Crippen LogP contribution in [0.5, 0.6) is 5.75 Å². The highest BCUT2D eigenvalue weighted by atomic mass is 16.3. The summed E-state index contributed by atoms with van der Waals surface area (Å²) in [6, 6.07) is 16.4. The summed E-state index contributed by atoms with van der Waals surface area (Å²) in [5.41, 5.74) is 6.57. The van der Waals surface area contributed by atoms with E-state index in [-0.39, 0.29) is 0 Å². The molecule has 3 aromatic rings. The van der Waals surface area contributed by atoms with Crippen molar-refractivity contribution in [3.63, 3.8) is 0 Å². The fraction of sp³-hybridized carbons (Fsp3) is 0.333. The summed E-state index contributed by atoms with van der Waals surface area (Å²) in [4.78, 5) is 6.20. The Balaban J connectivity index is 1.27. The number of aryl methyl sites for hydroxylation is 1. The standard InChI is InChI=1S/C24H26N2O/c27-24-8-4-2-5-19(24)18-11-13-26(14-12-18)16-17-9-10-23-21(15-17)20-6-1-3-7-22(20)25-23/h1-8,11,17,25,27H,9-10,12-16H2. The molecule has 1 atom stereocenters. The molecule has 1 aromatic heterocycles. The second-order valence-corrected chi connectivity index (χ2v) is 7.99. The number of rotatable bonds is 3. The van der Waals surface area contributed by atoms with Crippen LogP contribution in [0.25, 0.3) is 16.5 Å². The molecule has 0 saturated carbocycles. The molecule has 2 aromatic carbocycles. The molecule has 27 heavy (non-hydrogen) atoms. The van der Waals surface area contributed by atoms with E-state index in [2.05, 4.69) is 40.2 Å². The van der Waals surface area contributed by atoms with Crippen molar-refractivity contribution in [2.45, 2.75) is 25.7 Å². The topological polar surface area (TPSA) is 39.3 Å². The molecule has 0 bridgehead atoms. The zero-order chi connectivity index (χ0) is 18.2. The summed E-state index contributed by atoms with van der Waals surface area (Å²) in [7, 11) is 0. The van der Waals surface area contributed by atoms with Crippen LogP contribution in [0, 0.1) is 5.92 Å². The van der Waals surface area contributed by atoms with Gasteiger partial charge < -0.3 is 10.1 Å². The molecule has 0 saturated heterocycles. The lowest BCUT2D eigenvalue weighted by atomic mass is 9.85. The number of aromatic amines is 1. The van der Waals surface area contributed by atoms with Gasteiger partial charge in [-0.3, -0.25) is 4.90 Å². The maximum absolute atomic E-state index is 10.1. The van der Waals surface area contributed by atoms with Gasteiger partial charge >= 0.3 is 0 Å². The molecule has 1 unspecified atom stereocenters. The van der Waals surface area contributed by atoms with E-state index < -0.39 is 0 Å². The largest absolute Gasteiger partial charge is 0.507 e. The SMILES string of the molecule is Oc1ccccc1C1=CCN(CC2CCc3[nH]c4ccccc4c3C2)CC1. The van der Waals surface area contributed by atoms with Crippen LogP contribution in [-0.2, 0) is 12.8 Å². The monoisotopic (exact) mass is 358 g/mol. The lowest BCUT2D eigenvalue weighted by molar-refractivity contribution is 0.238. The lowest BCUT2D eigenvalue weighted by Crippen LogP contribution is -2.35. The van der Waals surface area contributed by atoms with Crippen molar-refractivity contribution in [2.24, 2.45) is 5.92 Å². The molecule has 2 aliphatic rings. The molecule has 0 radical (unpaired) electrons. The van der Waals surface area contributed by atoms with Gasteiger partial charge in [0.2, 0.25) is 0 Å². The van der Waals surface area contributed by atoms with Gasteiger partial charge in [0.1, 0.15) is 5.75 Å². The first kappa shape index (κ1) is 16.6. The summed E-state index contributed by atoms with van der Waals surface area (Å²) in [6.45, 7) is 3.24. The Hall–Kier alpha value is -2.52. The number of phenols is 1. The summed E-state index contributed by atoms with van der Waals surface area (Å²) < 4.78 is 0. The second kappa shape index (κ2) is 6.90. The maximum Gasteiger partial charge on any atom is 0.123 e. The second-order valence-electron chi connectivity index (χ2n) is 7.99. The maximum atomic E-state index is 10.1. The molecule has 3 heteroatoms. The number of para-hydroxylation sites is 2. The van der Waals surface area contributed by atoms with Crippen LogP contribution < -0.4 is 0 Å². The van der Waals surface area contributed by atoms with E-state index in [1.165, 1.54) is 48.0 Å². The van der Waals surface area contributed by atoms with Gasteiger partial charge in [-0.2, -0.15) is 0 Å². The molecule has 2 heterocycles. The Bertz CT molecular complexity index is 1000. The van der Waals surface area contributed by atoms with Crippen LogP contribution >= 0.6 is 0 Å². The third-order valence-corrected chi connectivity index (χ3v) is 6.26. The van der Waals surface area contributed by atoms with E-state index in [4.69, 9.17) is 0 Å². The zero-order valence-electron chi connectivity index (χ0n) is 15.6. The van der Waals surface area contributed by atoms with Gasteiger partial charge in [0, 0.05) is 41.8 Å². The molecule has 1 aliphatic heterocycles. The van der Waals surface area contributed by atoms with E-state index in [1.54, 1.807) is 11.6 Å². The van der Waals surface area contributed by atoms with Crippen LogP contribution in [0.15, 0.2) is 54.6 Å². The quantitative estimate of drug-likeness (QED) is 0.708. The van der Waals surface area contributed by atoms with Crippen molar-refractivity contribution in [2.75, 3.05) is 19.6 Å². The summed E-state index contributed by atoms with van der Waals surface area (Å²) >= 11 is 0. The van der Waals surface area contributed by atoms with Crippen molar-refractivity contribution < 1.29 is 5.11 Å². The highest BCUT2D eigenvalue weighted by Gasteiger charge is 2.25. The molecule has 0 spiro atoms. The average Bonchev–Trinajstić information content (AvgIpc) is 3.07. The predicted molar refractivity (Wildman–Crippen MR) is 111 cm³/mol. The molecule has 0 fully saturated rings. The number of nitrogens with zero attached hydrogens (tertiary/aromatic N) is 1. The number of aromatic nitrogens is 1. The summed E-state index contributed by atoms with van der Waals surface area (Å²) in [5, 5.41) is 11.5. The number of phenolic OH excluding ortho intramolecular Hbond substituents is 1. The first-order chi connectivity index (χ1) is 13.3. The third-order valence-electron chi connectivity index (χ3n) is 6.26. The highest BCUT2D eigenvalue weighted by Crippen LogP contribution is 2.33. The number of H-pyrrole nitrogens is 1. The van der Waals surface area contributed by atoms with Crippen molar-refractivity contribution in [3.8, 4) is 5.75 Å². The number of hydrogen-bond acceptors (Lipinski definition) is 2. The minimum absolute atomic E-state index is 0.399. The minimum Gasteiger partial charge on any atom is -0.507 e. The first-order valence-corrected chi connectivity index (χ1v) is 10.1. The highest BCUT2D eigenvalue weighted by molar-refractivity contribution is 5.84. The van der Waals surface area contributed by atoms with Gasteiger partial charge in [0.25, 0.3) is 0 Å². The minimum atomic E-state index is 0.399. The Morgan fingerprint density at radius 1 is 1.04 bits per heavy atom. The molecule has 3 nitrogen and oxygen atoms in total. The average molecular weight is 358 g/mol. The van der Waals surface area contributed by atoms with Gasteiger partial charge in [0.05, 0.1) is 0 Å². The smallest absolute Gasteiger partial charge is 0.123 e. The van der Waals surface area contributed by atoms with E-state index in [0.29, 0.717) is 5.75 Å². The predicted octanol–water partition coefficient (Wildman–Crippen LogP) is 4.77. The molecule has 5 rings (SSSR count). The van der Waals surface area contributed by atoms with Gasteiger partial charge in [-0.05, 0) is 54.9 Å². The number of benzene rings is 2. The number of aromatic hydroxyl groups is 1. The van der Waals surface area contributed by atoms with Gasteiger partial charge in [-0.25, -0.2) is 0 Å². The van der Waals surface area contributed by atoms with Crippen molar-refractivity contribution in [1.82, 2.24) is 9.88 Å². The molecular formula is C24H26N2O. The van der Waals surface area contributed by atoms with E-state index >= 15 is 0 Å². The van der Waals surface area contributed by atoms with Crippen LogP contribution in [0.3, 0.4) is 0 Å². The number of fused-ring (bicyclic) bond motifs is 3. The fourth-order valence-corrected chi connectivity index (χ4v) is 4.83. The third kappa shape index (κ3) is 3.17. The van der Waals surface area contributed by atoms with Crippen LogP contribution in [0.4, 0.5) is 0 Å². The number of hydrogen-bond donors (Lipinski definition) is 2. The summed E-state index contributed by atoms with van der Waals surface area (Å²) in [5.74, 6) is 1.13. The van der Waals surface area contributed by atoms with Crippen LogP contribution in [0.1, 0.15) is 29.7 Å². The van der Waals surface area contributed by atoms with Crippen molar-refractivity contribution in [1.29, 1.82) is 0 Å². The first-order valence-electron chi connectivity index (χ1n) is 10.1. The van der Waals surface area contributed by atoms with Crippen molar-refractivity contribution in [3.05, 3.63) is 71.4 Å². The van der Waals surface area contributed by atoms with E-state index in [1.807, 2.05) is 18.2 Å². The zero-order valence-corrected chi connectivity index (χ0v) is 15.6. The Labute approximate surface area is 160 Å². The molecule has 1 aliphatic carbocycles.